The van der Waals surface area contributed by atoms with Crippen molar-refractivity contribution < 1.29 is 14.3 Å². The minimum atomic E-state index is -0.146. The third-order valence-electron chi connectivity index (χ3n) is 5.97. The number of nitrogens with zero attached hydrogens (tertiary/aromatic N) is 4. The van der Waals surface area contributed by atoms with Crippen molar-refractivity contribution in [2.24, 2.45) is 0 Å². The quantitative estimate of drug-likeness (QED) is 0.394. The molecule has 0 spiro atoms. The first kappa shape index (κ1) is 23.9. The van der Waals surface area contributed by atoms with E-state index in [1.54, 1.807) is 0 Å². The molecule has 0 aromatic carbocycles. The Labute approximate surface area is 190 Å². The molecule has 3 heterocycles. The maximum Gasteiger partial charge on any atom is 0.305 e. The van der Waals surface area contributed by atoms with Gasteiger partial charge in [-0.2, -0.15) is 0 Å². The van der Waals surface area contributed by atoms with Crippen molar-refractivity contribution in [3.63, 3.8) is 0 Å². The van der Waals surface area contributed by atoms with Crippen LogP contribution in [0, 0.1) is 0 Å². The van der Waals surface area contributed by atoms with E-state index in [0.717, 1.165) is 69.7 Å². The molecular weight excluding hydrogens is 404 g/mol. The van der Waals surface area contributed by atoms with E-state index in [9.17, 15) is 9.59 Å². The Kier molecular flexibility index (Phi) is 9.62. The molecule has 172 valence electrons. The summed E-state index contributed by atoms with van der Waals surface area (Å²) in [6.45, 7) is 3.07. The number of carbonyl (C=O) groups is 2. The first-order valence-electron chi connectivity index (χ1n) is 11.6. The molecule has 1 aliphatic heterocycles. The molecule has 32 heavy (non-hydrogen) atoms. The average Bonchev–Trinajstić information content (AvgIpc) is 2.85. The smallest absolute Gasteiger partial charge is 0.305 e. The number of pyridine rings is 2. The van der Waals surface area contributed by atoms with Gasteiger partial charge in [0.15, 0.2) is 0 Å². The highest BCUT2D eigenvalue weighted by atomic mass is 16.5. The van der Waals surface area contributed by atoms with E-state index in [0.29, 0.717) is 12.8 Å². The van der Waals surface area contributed by atoms with Gasteiger partial charge in [0.2, 0.25) is 5.91 Å². The summed E-state index contributed by atoms with van der Waals surface area (Å²) in [6, 6.07) is 12.0. The highest BCUT2D eigenvalue weighted by Crippen LogP contribution is 2.27. The zero-order valence-electron chi connectivity index (χ0n) is 19.0. The van der Waals surface area contributed by atoms with E-state index in [1.807, 2.05) is 53.7 Å². The normalized spacial score (nSPS) is 14.5. The predicted molar refractivity (Wildman–Crippen MR) is 123 cm³/mol. The average molecular weight is 439 g/mol. The maximum atomic E-state index is 12.7. The molecule has 2 aromatic heterocycles. The second-order valence-corrected chi connectivity index (χ2v) is 8.17. The Morgan fingerprint density at radius 3 is 1.94 bits per heavy atom. The summed E-state index contributed by atoms with van der Waals surface area (Å²) in [6.07, 6.45) is 9.56. The van der Waals surface area contributed by atoms with Gasteiger partial charge in [-0.25, -0.2) is 0 Å². The lowest BCUT2D eigenvalue weighted by Crippen LogP contribution is -2.50. The second kappa shape index (κ2) is 12.9. The number of hydrogen-bond acceptors (Lipinski definition) is 6. The van der Waals surface area contributed by atoms with Gasteiger partial charge in [0.25, 0.3) is 0 Å². The van der Waals surface area contributed by atoms with Crippen LogP contribution in [0.4, 0.5) is 0 Å². The molecule has 0 N–H and O–H groups in total. The van der Waals surface area contributed by atoms with Crippen molar-refractivity contribution in [1.82, 2.24) is 19.8 Å². The number of esters is 1. The molecule has 7 heteroatoms. The zero-order chi connectivity index (χ0) is 22.6. The topological polar surface area (TPSA) is 75.6 Å². The van der Waals surface area contributed by atoms with Crippen LogP contribution in [0.2, 0.25) is 0 Å². The van der Waals surface area contributed by atoms with Crippen molar-refractivity contribution in [3.05, 3.63) is 60.2 Å². The number of rotatable bonds is 11. The van der Waals surface area contributed by atoms with E-state index in [2.05, 4.69) is 19.6 Å². The largest absolute Gasteiger partial charge is 0.469 e. The number of methoxy groups -OCH3 is 1. The van der Waals surface area contributed by atoms with Gasteiger partial charge < -0.3 is 9.64 Å². The molecule has 0 bridgehead atoms. The summed E-state index contributed by atoms with van der Waals surface area (Å²) in [5.74, 6) is 0.0964. The molecule has 0 unspecified atom stereocenters. The molecule has 1 aliphatic rings. The fraction of sp³-hybridized carbons (Fsp3) is 0.520. The van der Waals surface area contributed by atoms with E-state index < -0.39 is 0 Å². The third kappa shape index (κ3) is 7.12. The number of hydrogen-bond donors (Lipinski definition) is 0. The first-order valence-corrected chi connectivity index (χ1v) is 11.6. The van der Waals surface area contributed by atoms with Gasteiger partial charge in [0.05, 0.1) is 24.5 Å². The summed E-state index contributed by atoms with van der Waals surface area (Å²) in [4.78, 5) is 37.3. The zero-order valence-corrected chi connectivity index (χ0v) is 19.0. The third-order valence-corrected chi connectivity index (χ3v) is 5.97. The number of amides is 1. The Morgan fingerprint density at radius 2 is 1.41 bits per heavy atom. The molecule has 1 saturated heterocycles. The van der Waals surface area contributed by atoms with E-state index in [4.69, 9.17) is 0 Å². The number of piperazine rings is 1. The Balaban J connectivity index is 1.43. The van der Waals surface area contributed by atoms with Crippen molar-refractivity contribution in [2.45, 2.75) is 51.0 Å². The molecule has 7 nitrogen and oxygen atoms in total. The van der Waals surface area contributed by atoms with Crippen LogP contribution in [-0.2, 0) is 14.3 Å². The van der Waals surface area contributed by atoms with Crippen LogP contribution in [0.15, 0.2) is 48.8 Å². The predicted octanol–water partition coefficient (Wildman–Crippen LogP) is 3.61. The molecule has 3 rings (SSSR count). The highest BCUT2D eigenvalue weighted by molar-refractivity contribution is 5.76. The molecule has 0 saturated carbocycles. The summed E-state index contributed by atoms with van der Waals surface area (Å²) in [5, 5.41) is 0. The SMILES string of the molecule is COC(=O)CCCCCCCC(=O)N1CCN(C(c2ccccn2)c2ccccn2)CC1. The molecule has 0 aliphatic carbocycles. The fourth-order valence-electron chi connectivity index (χ4n) is 4.17. The van der Waals surface area contributed by atoms with Crippen LogP contribution in [0.1, 0.15) is 62.4 Å². The van der Waals surface area contributed by atoms with Crippen molar-refractivity contribution in [2.75, 3.05) is 33.3 Å². The lowest BCUT2D eigenvalue weighted by molar-refractivity contribution is -0.140. The lowest BCUT2D eigenvalue weighted by Gasteiger charge is -2.39. The monoisotopic (exact) mass is 438 g/mol. The highest BCUT2D eigenvalue weighted by Gasteiger charge is 2.29. The maximum absolute atomic E-state index is 12.7. The molecule has 1 amide bonds. The van der Waals surface area contributed by atoms with E-state index in [1.165, 1.54) is 7.11 Å². The summed E-state index contributed by atoms with van der Waals surface area (Å²) in [7, 11) is 1.42. The van der Waals surface area contributed by atoms with Crippen LogP contribution in [0.25, 0.3) is 0 Å². The number of ether oxygens (including phenoxy) is 1. The van der Waals surface area contributed by atoms with Gasteiger partial charge in [-0.1, -0.05) is 31.4 Å². The molecule has 0 atom stereocenters. The lowest BCUT2D eigenvalue weighted by atomic mass is 10.0. The van der Waals surface area contributed by atoms with Gasteiger partial charge in [-0.3, -0.25) is 24.5 Å². The minimum Gasteiger partial charge on any atom is -0.469 e. The van der Waals surface area contributed by atoms with Crippen LogP contribution in [-0.4, -0.2) is 64.9 Å². The van der Waals surface area contributed by atoms with Gasteiger partial charge >= 0.3 is 5.97 Å². The molecule has 1 fully saturated rings. The van der Waals surface area contributed by atoms with E-state index in [-0.39, 0.29) is 17.9 Å². The Morgan fingerprint density at radius 1 is 0.844 bits per heavy atom. The second-order valence-electron chi connectivity index (χ2n) is 8.17. The van der Waals surface area contributed by atoms with Crippen molar-refractivity contribution in [3.8, 4) is 0 Å². The Bertz CT molecular complexity index is 784. The van der Waals surface area contributed by atoms with Crippen LogP contribution in [0.3, 0.4) is 0 Å². The summed E-state index contributed by atoms with van der Waals surface area (Å²) < 4.78 is 4.65. The standard InChI is InChI=1S/C25H34N4O3/c1-32-24(31)14-6-4-2-3-5-13-23(30)28-17-19-29(20-18-28)25(21-11-7-9-15-26-21)22-12-8-10-16-27-22/h7-12,15-16,25H,2-6,13-14,17-20H2,1H3. The van der Waals surface area contributed by atoms with Crippen molar-refractivity contribution in [1.29, 1.82) is 0 Å². The van der Waals surface area contributed by atoms with E-state index >= 15 is 0 Å². The van der Waals surface area contributed by atoms with Crippen molar-refractivity contribution >= 4 is 11.9 Å². The number of carbonyl (C=O) groups excluding carboxylic acids is 2. The minimum absolute atomic E-state index is 0.000332. The Hall–Kier alpha value is -2.80. The van der Waals surface area contributed by atoms with Crippen LogP contribution in [0.5, 0.6) is 0 Å². The fourth-order valence-corrected chi connectivity index (χ4v) is 4.17. The summed E-state index contributed by atoms with van der Waals surface area (Å²) in [5.41, 5.74) is 1.97. The van der Waals surface area contributed by atoms with Crippen LogP contribution < -0.4 is 0 Å². The van der Waals surface area contributed by atoms with Gasteiger partial charge in [0.1, 0.15) is 0 Å². The number of unbranched alkanes of at least 4 members (excludes halogenated alkanes) is 4. The molecule has 0 radical (unpaired) electrons. The number of aromatic nitrogens is 2. The van der Waals surface area contributed by atoms with Gasteiger partial charge in [0, 0.05) is 51.4 Å². The molecular formula is C25H34N4O3. The summed E-state index contributed by atoms with van der Waals surface area (Å²) >= 11 is 0. The van der Waals surface area contributed by atoms with Gasteiger partial charge in [-0.05, 0) is 37.1 Å². The van der Waals surface area contributed by atoms with Crippen LogP contribution >= 0.6 is 0 Å². The first-order chi connectivity index (χ1) is 15.7. The molecule has 2 aromatic rings. The van der Waals surface area contributed by atoms with Gasteiger partial charge in [-0.15, -0.1) is 0 Å².